The maximum atomic E-state index is 13.4. The molecule has 5 saturated carbocycles. The number of methoxy groups -OCH3 is 4. The fourth-order valence-electron chi connectivity index (χ4n) is 14.3. The van der Waals surface area contributed by atoms with Crippen molar-refractivity contribution in [3.63, 3.8) is 0 Å². The number of carbonyl (C=O) groups excluding carboxylic acids is 16. The molecule has 36 heteroatoms. The minimum Gasteiger partial charge on any atom is -0.508 e. The third-order valence-electron chi connectivity index (χ3n) is 21.4. The van der Waals surface area contributed by atoms with Gasteiger partial charge < -0.3 is 91.1 Å². The number of phenols is 2. The van der Waals surface area contributed by atoms with E-state index in [1.54, 1.807) is 0 Å². The molecule has 125 heavy (non-hydrogen) atoms. The van der Waals surface area contributed by atoms with Crippen molar-refractivity contribution >= 4 is 101 Å². The van der Waals surface area contributed by atoms with Gasteiger partial charge in [0.1, 0.15) is 94.7 Å². The molecule has 0 atom stereocenters. The molecule has 4 aromatic carbocycles. The van der Waals surface area contributed by atoms with Gasteiger partial charge in [0.15, 0.2) is 0 Å². The number of esters is 16. The number of benzene rings is 4. The largest absolute Gasteiger partial charge is 0.508 e. The number of carbonyl (C=O) groups is 17. The third kappa shape index (κ3) is 30.9. The zero-order valence-electron chi connectivity index (χ0n) is 69.7. The number of hydrogen-bond acceptors (Lipinski definition) is 35. The van der Waals surface area contributed by atoms with Crippen molar-refractivity contribution in [2.75, 3.05) is 68.1 Å². The zero-order chi connectivity index (χ0) is 91.2. The van der Waals surface area contributed by atoms with E-state index in [9.17, 15) is 91.7 Å². The Morgan fingerprint density at radius 2 is 0.488 bits per heavy atom. The van der Waals surface area contributed by atoms with E-state index in [0.29, 0.717) is 116 Å². The first-order valence-electron chi connectivity index (χ1n) is 40.6. The van der Waals surface area contributed by atoms with E-state index in [1.807, 2.05) is 0 Å². The first-order valence-corrected chi connectivity index (χ1v) is 40.6. The fourth-order valence-corrected chi connectivity index (χ4v) is 14.3. The molecule has 0 saturated heterocycles. The third-order valence-corrected chi connectivity index (χ3v) is 21.4. The molecule has 0 spiro atoms. The Kier molecular flexibility index (Phi) is 39.8. The van der Waals surface area contributed by atoms with Crippen molar-refractivity contribution in [2.24, 2.45) is 59.2 Å². The lowest BCUT2D eigenvalue weighted by molar-refractivity contribution is -0.155. The van der Waals surface area contributed by atoms with Crippen LogP contribution in [0.25, 0.3) is 0 Å². The minimum absolute atomic E-state index is 0.00106. The summed E-state index contributed by atoms with van der Waals surface area (Å²) >= 11 is 0. The summed E-state index contributed by atoms with van der Waals surface area (Å²) in [4.78, 5) is 208. The van der Waals surface area contributed by atoms with Gasteiger partial charge in [0.2, 0.25) is 0 Å². The van der Waals surface area contributed by atoms with Crippen molar-refractivity contribution in [3.05, 3.63) is 133 Å². The van der Waals surface area contributed by atoms with Crippen molar-refractivity contribution in [1.82, 2.24) is 0 Å². The summed E-state index contributed by atoms with van der Waals surface area (Å²) < 4.78 is 82.2. The van der Waals surface area contributed by atoms with Crippen LogP contribution in [0.4, 0.5) is 0 Å². The van der Waals surface area contributed by atoms with Gasteiger partial charge in [0.05, 0.1) is 101 Å². The SMILES string of the molecule is C=CC(=O)OCCCCOC(=O)C1CCC(C(=O)Oc2ccc(OC(=O)C3CCC(C(=O)Oc4ccc(OC(=O)C5CCC(C(=O)OCCOC(=O)C=C)CC5)cc4C(=O)OC)CC3)c(C(=O)OC)c2)CC1.C=CC(=O)OCCOC(=O)C1CCC(C(=O)O)CC1.COC(=O)c1cc(O)ccc1OC(=O)C1CCC(C(=O)Oc2ccc(O)cc2C(=O)OC)CC1. The number of carboxylic acid groups (broad SMARTS) is 1. The molecule has 9 rings (SSSR count). The lowest BCUT2D eigenvalue weighted by atomic mass is 9.82. The van der Waals surface area contributed by atoms with Gasteiger partial charge in [0, 0.05) is 18.2 Å². The summed E-state index contributed by atoms with van der Waals surface area (Å²) in [5, 5.41) is 28.0. The fraction of sp³-hybridized carbons (Fsp3) is 0.472. The molecular formula is C89H102O36. The standard InChI is InChI=1S/C52H60O20.C24H24O10.C13H18O6/c1-5-43(53)65-25-7-8-26-67-45(55)31-9-13-33(14-10-31)47(57)69-37-21-23-41(39(29-37)51(61)63-3)71-49(59)35-17-19-36(20-18-35)50(60)72-42-24-22-38(30-40(42)52(62)64-4)70-48(58)34-15-11-32(12-16-34)46(56)68-28-27-66-44(54)6-2;1-31-23(29)17-11-15(25)7-9-19(17)33-21(27)13-3-5-14(6-4-13)22(28)34-20-10-8-16(26)12-18(20)24(30)32-2;1-2-11(14)18-7-8-19-13(17)10-5-3-9(4-6-10)12(15)16/h5-6,21-24,29-36H,1-2,7-20,25-28H2,3-4H3;7-14,25-26H,3-6H2,1-2H3;2,9-10H,1,3-8H2,(H,15,16). The summed E-state index contributed by atoms with van der Waals surface area (Å²) in [7, 11) is 4.62. The van der Waals surface area contributed by atoms with E-state index < -0.39 is 131 Å². The van der Waals surface area contributed by atoms with Gasteiger partial charge in [-0.25, -0.2) is 33.6 Å². The Labute approximate surface area is 718 Å². The van der Waals surface area contributed by atoms with Crippen LogP contribution in [0.1, 0.15) is 183 Å². The molecule has 0 radical (unpaired) electrons. The number of rotatable bonds is 34. The Bertz CT molecular complexity index is 4460. The van der Waals surface area contributed by atoms with E-state index in [-0.39, 0.29) is 163 Å². The maximum absolute atomic E-state index is 13.4. The smallest absolute Gasteiger partial charge is 0.341 e. The van der Waals surface area contributed by atoms with Gasteiger partial charge in [-0.15, -0.1) is 0 Å². The van der Waals surface area contributed by atoms with E-state index in [2.05, 4.69) is 33.9 Å². The molecular weight excluding hydrogens is 1640 g/mol. The van der Waals surface area contributed by atoms with Crippen LogP contribution in [0.15, 0.2) is 111 Å². The molecule has 3 N–H and O–H groups in total. The van der Waals surface area contributed by atoms with E-state index in [4.69, 9.17) is 66.7 Å². The minimum atomic E-state index is -0.853. The molecule has 36 nitrogen and oxygen atoms in total. The predicted molar refractivity (Wildman–Crippen MR) is 429 cm³/mol. The first-order chi connectivity index (χ1) is 59.9. The normalized spacial score (nSPS) is 19.9. The number of ether oxygens (including phenoxy) is 16. The monoisotopic (exact) mass is 1750 g/mol. The number of aliphatic carboxylic acids is 1. The summed E-state index contributed by atoms with van der Waals surface area (Å²) in [5.41, 5.74) is -0.489. The van der Waals surface area contributed by atoms with Crippen molar-refractivity contribution in [1.29, 1.82) is 0 Å². The van der Waals surface area contributed by atoms with Crippen LogP contribution in [0, 0.1) is 59.2 Å². The summed E-state index contributed by atoms with van der Waals surface area (Å²) in [6.45, 7) is 10.0. The highest BCUT2D eigenvalue weighted by Crippen LogP contribution is 2.40. The summed E-state index contributed by atoms with van der Waals surface area (Å²) in [6.07, 6.45) is 11.6. The van der Waals surface area contributed by atoms with Crippen molar-refractivity contribution in [3.8, 4) is 46.0 Å². The molecule has 5 aliphatic rings. The molecule has 0 heterocycles. The zero-order valence-corrected chi connectivity index (χ0v) is 69.7. The molecule has 0 aromatic heterocycles. The van der Waals surface area contributed by atoms with Crippen LogP contribution in [-0.2, 0) is 110 Å². The lowest BCUT2D eigenvalue weighted by Crippen LogP contribution is -2.31. The summed E-state index contributed by atoms with van der Waals surface area (Å²) in [5.74, 6) is -15.8. The van der Waals surface area contributed by atoms with E-state index in [0.717, 1.165) is 44.6 Å². The quantitative estimate of drug-likeness (QED) is 0.0129. The second kappa shape index (κ2) is 50.3. The van der Waals surface area contributed by atoms with Gasteiger partial charge in [-0.1, -0.05) is 19.7 Å². The highest BCUT2D eigenvalue weighted by molar-refractivity contribution is 5.97. The molecule has 0 amide bonds. The molecule has 4 aromatic rings. The Hall–Kier alpha value is -13.3. The highest BCUT2D eigenvalue weighted by atomic mass is 16.6. The molecule has 674 valence electrons. The van der Waals surface area contributed by atoms with Crippen LogP contribution in [0.2, 0.25) is 0 Å². The second-order valence-electron chi connectivity index (χ2n) is 29.6. The van der Waals surface area contributed by atoms with Gasteiger partial charge in [-0.2, -0.15) is 0 Å². The van der Waals surface area contributed by atoms with Crippen LogP contribution in [0.3, 0.4) is 0 Å². The van der Waals surface area contributed by atoms with Crippen LogP contribution in [0.5, 0.6) is 46.0 Å². The maximum Gasteiger partial charge on any atom is 0.341 e. The molecule has 0 bridgehead atoms. The summed E-state index contributed by atoms with van der Waals surface area (Å²) in [6, 6.07) is 15.3. The second-order valence-corrected chi connectivity index (χ2v) is 29.6. The number of carboxylic acids is 1. The van der Waals surface area contributed by atoms with Gasteiger partial charge >= 0.3 is 101 Å². The average molecular weight is 1750 g/mol. The van der Waals surface area contributed by atoms with Crippen molar-refractivity contribution < 1.29 is 173 Å². The first kappa shape index (κ1) is 98.8. The van der Waals surface area contributed by atoms with E-state index >= 15 is 0 Å². The molecule has 0 aliphatic heterocycles. The number of phenolic OH excluding ortho intramolecular Hbond substituents is 2. The number of unbranched alkanes of at least 4 members (excludes halogenated alkanes) is 1. The van der Waals surface area contributed by atoms with Gasteiger partial charge in [-0.05, 0) is 214 Å². The van der Waals surface area contributed by atoms with Crippen LogP contribution >= 0.6 is 0 Å². The lowest BCUT2D eigenvalue weighted by Gasteiger charge is -2.26. The molecule has 5 aliphatic carbocycles. The highest BCUT2D eigenvalue weighted by Gasteiger charge is 2.39. The van der Waals surface area contributed by atoms with Gasteiger partial charge in [0.25, 0.3) is 0 Å². The Balaban J connectivity index is 0.000000329. The van der Waals surface area contributed by atoms with Gasteiger partial charge in [-0.3, -0.25) is 47.9 Å². The van der Waals surface area contributed by atoms with E-state index in [1.165, 1.54) is 74.9 Å². The number of hydrogen-bond donors (Lipinski definition) is 3. The molecule has 5 fully saturated rings. The predicted octanol–water partition coefficient (Wildman–Crippen LogP) is 10.5. The van der Waals surface area contributed by atoms with Crippen molar-refractivity contribution in [2.45, 2.75) is 141 Å². The topological polar surface area (TPSA) is 499 Å². The molecule has 0 unspecified atom stereocenters. The van der Waals surface area contributed by atoms with Crippen LogP contribution in [-0.4, -0.2) is 185 Å². The van der Waals surface area contributed by atoms with Crippen LogP contribution < -0.4 is 28.4 Å². The Morgan fingerprint density at radius 3 is 0.744 bits per heavy atom. The number of aromatic hydroxyl groups is 2. The Morgan fingerprint density at radius 1 is 0.280 bits per heavy atom. The average Bonchev–Trinajstić information content (AvgIpc) is 0.828.